The van der Waals surface area contributed by atoms with E-state index in [0.717, 1.165) is 6.42 Å². The first-order chi connectivity index (χ1) is 7.39. The van der Waals surface area contributed by atoms with Crippen LogP contribution < -0.4 is 10.6 Å². The van der Waals surface area contributed by atoms with Crippen LogP contribution in [0.1, 0.15) is 27.2 Å². The number of hydrogen-bond acceptors (Lipinski definition) is 3. The molecule has 2 heterocycles. The number of morpholine rings is 1. The lowest BCUT2D eigenvalue weighted by atomic mass is 9.66. The number of rotatable bonds is 1. The van der Waals surface area contributed by atoms with Gasteiger partial charge in [0.25, 0.3) is 0 Å². The Morgan fingerprint density at radius 1 is 1.44 bits per heavy atom. The van der Waals surface area contributed by atoms with E-state index in [2.05, 4.69) is 31.4 Å². The summed E-state index contributed by atoms with van der Waals surface area (Å²) >= 11 is 0. The van der Waals surface area contributed by atoms with Crippen LogP contribution in [0.15, 0.2) is 0 Å². The third kappa shape index (κ3) is 1.77. The predicted molar refractivity (Wildman–Crippen MR) is 62.3 cm³/mol. The Hall–Kier alpha value is -0.190. The van der Waals surface area contributed by atoms with Crippen LogP contribution in [0, 0.1) is 5.41 Å². The summed E-state index contributed by atoms with van der Waals surface area (Å²) in [6.45, 7) is 7.74. The quantitative estimate of drug-likeness (QED) is 0.707. The zero-order valence-corrected chi connectivity index (χ0v) is 10.6. The van der Waals surface area contributed by atoms with Gasteiger partial charge in [-0.15, -0.1) is 0 Å². The highest BCUT2D eigenvalue weighted by Gasteiger charge is 2.53. The Morgan fingerprint density at radius 3 is 2.69 bits per heavy atom. The van der Waals surface area contributed by atoms with Crippen molar-refractivity contribution in [3.63, 3.8) is 0 Å². The number of alkyl halides is 1. The van der Waals surface area contributed by atoms with Crippen LogP contribution in [-0.4, -0.2) is 44.1 Å². The number of hydrogen-bond donors (Lipinski definition) is 2. The van der Waals surface area contributed by atoms with Crippen LogP contribution >= 0.6 is 0 Å². The number of ether oxygens (including phenoxy) is 1. The maximum absolute atomic E-state index is 14.1. The lowest BCUT2D eigenvalue weighted by molar-refractivity contribution is -0.105. The van der Waals surface area contributed by atoms with E-state index in [-0.39, 0.29) is 23.0 Å². The second-order valence-electron chi connectivity index (χ2n) is 6.14. The molecule has 0 aromatic heterocycles. The van der Waals surface area contributed by atoms with E-state index >= 15 is 0 Å². The molecule has 0 amide bonds. The summed E-state index contributed by atoms with van der Waals surface area (Å²) in [4.78, 5) is 0. The first-order valence-corrected chi connectivity index (χ1v) is 6.06. The fourth-order valence-electron chi connectivity index (χ4n) is 2.86. The van der Waals surface area contributed by atoms with Crippen molar-refractivity contribution >= 4 is 0 Å². The first-order valence-electron chi connectivity index (χ1n) is 6.06. The van der Waals surface area contributed by atoms with Crippen molar-refractivity contribution < 1.29 is 9.13 Å². The molecular formula is C12H23FN2O. The maximum atomic E-state index is 14.1. The summed E-state index contributed by atoms with van der Waals surface area (Å²) in [5.41, 5.74) is -0.0346. The van der Waals surface area contributed by atoms with Gasteiger partial charge in [-0.05, 0) is 18.9 Å². The molecule has 2 N–H and O–H groups in total. The van der Waals surface area contributed by atoms with Crippen molar-refractivity contribution in [3.05, 3.63) is 0 Å². The van der Waals surface area contributed by atoms with Gasteiger partial charge < -0.3 is 15.4 Å². The molecule has 94 valence electrons. The van der Waals surface area contributed by atoms with Crippen molar-refractivity contribution in [2.75, 3.05) is 20.3 Å². The molecule has 16 heavy (non-hydrogen) atoms. The summed E-state index contributed by atoms with van der Waals surface area (Å²) in [7, 11) is 1.84. The lowest BCUT2D eigenvalue weighted by Gasteiger charge is -2.56. The molecule has 0 spiro atoms. The maximum Gasteiger partial charge on any atom is 0.133 e. The third-order valence-electron chi connectivity index (χ3n) is 4.25. The fraction of sp³-hybridized carbons (Fsp3) is 1.00. The van der Waals surface area contributed by atoms with Crippen molar-refractivity contribution in [2.24, 2.45) is 5.41 Å². The molecule has 2 rings (SSSR count). The van der Waals surface area contributed by atoms with Crippen molar-refractivity contribution in [2.45, 2.75) is 51.0 Å². The fourth-order valence-corrected chi connectivity index (χ4v) is 2.86. The number of nitrogens with one attached hydrogen (secondary N) is 2. The van der Waals surface area contributed by atoms with Crippen molar-refractivity contribution in [1.29, 1.82) is 0 Å². The molecule has 0 radical (unpaired) electrons. The second-order valence-corrected chi connectivity index (χ2v) is 6.14. The van der Waals surface area contributed by atoms with Gasteiger partial charge in [-0.1, -0.05) is 20.8 Å². The summed E-state index contributed by atoms with van der Waals surface area (Å²) in [6, 6.07) is -0.228. The molecule has 0 aliphatic carbocycles. The lowest BCUT2D eigenvalue weighted by Crippen LogP contribution is -2.74. The zero-order chi connectivity index (χ0) is 12.0. The molecule has 0 aromatic carbocycles. The topological polar surface area (TPSA) is 33.3 Å². The molecule has 0 saturated carbocycles. The monoisotopic (exact) mass is 230 g/mol. The van der Waals surface area contributed by atoms with Gasteiger partial charge in [0, 0.05) is 11.6 Å². The molecule has 0 unspecified atom stereocenters. The van der Waals surface area contributed by atoms with Crippen LogP contribution in [0.4, 0.5) is 4.39 Å². The SMILES string of the molecule is CN[C@@H]1C[C@]2(C(C)(C)C)COC[C@H](N2)[C@@H]1F. The summed E-state index contributed by atoms with van der Waals surface area (Å²) in [6.07, 6.45) is -0.0780. The predicted octanol–water partition coefficient (Wildman–Crippen LogP) is 1.09. The molecule has 2 aliphatic rings. The molecule has 4 atom stereocenters. The van der Waals surface area contributed by atoms with Gasteiger partial charge in [-0.2, -0.15) is 0 Å². The molecule has 3 nitrogen and oxygen atoms in total. The summed E-state index contributed by atoms with van der Waals surface area (Å²) in [5, 5.41) is 6.59. The van der Waals surface area contributed by atoms with E-state index in [0.29, 0.717) is 13.2 Å². The highest BCUT2D eigenvalue weighted by molar-refractivity contribution is 5.11. The summed E-state index contributed by atoms with van der Waals surface area (Å²) in [5.74, 6) is 0. The molecule has 2 aliphatic heterocycles. The van der Waals surface area contributed by atoms with Crippen LogP contribution in [0.5, 0.6) is 0 Å². The summed E-state index contributed by atoms with van der Waals surface area (Å²) < 4.78 is 19.7. The normalized spacial score (nSPS) is 44.4. The zero-order valence-electron chi connectivity index (χ0n) is 10.6. The molecule has 0 aromatic rings. The van der Waals surface area contributed by atoms with Crippen LogP contribution in [0.25, 0.3) is 0 Å². The largest absolute Gasteiger partial charge is 0.378 e. The Morgan fingerprint density at radius 2 is 2.12 bits per heavy atom. The minimum Gasteiger partial charge on any atom is -0.378 e. The minimum atomic E-state index is -0.860. The van der Waals surface area contributed by atoms with Gasteiger partial charge in [-0.3, -0.25) is 0 Å². The minimum absolute atomic E-state index is 0.0608. The van der Waals surface area contributed by atoms with Gasteiger partial charge in [0.1, 0.15) is 6.17 Å². The Bertz CT molecular complexity index is 264. The average Bonchev–Trinajstić information content (AvgIpc) is 2.22. The highest BCUT2D eigenvalue weighted by atomic mass is 19.1. The van der Waals surface area contributed by atoms with Crippen molar-refractivity contribution in [1.82, 2.24) is 10.6 Å². The van der Waals surface area contributed by atoms with Crippen molar-refractivity contribution in [3.8, 4) is 0 Å². The highest BCUT2D eigenvalue weighted by Crippen LogP contribution is 2.41. The third-order valence-corrected chi connectivity index (χ3v) is 4.25. The molecule has 2 bridgehead atoms. The molecular weight excluding hydrogens is 207 g/mol. The van der Waals surface area contributed by atoms with E-state index in [1.54, 1.807) is 0 Å². The standard InChI is InChI=1S/C12H23FN2O/c1-11(2,3)12-5-8(14-4)10(13)9(15-12)6-16-7-12/h8-10,14-15H,5-7H2,1-4H3/t8-,9+,10-,12-/m1/s1. The molecule has 2 saturated heterocycles. The van der Waals surface area contributed by atoms with Gasteiger partial charge in [0.2, 0.25) is 0 Å². The van der Waals surface area contributed by atoms with E-state index in [1.165, 1.54) is 0 Å². The van der Waals surface area contributed by atoms with E-state index < -0.39 is 6.17 Å². The van der Waals surface area contributed by atoms with Gasteiger partial charge in [0.15, 0.2) is 0 Å². The second kappa shape index (κ2) is 3.93. The van der Waals surface area contributed by atoms with E-state index in [1.807, 2.05) is 7.05 Å². The molecule has 2 fully saturated rings. The smallest absolute Gasteiger partial charge is 0.133 e. The van der Waals surface area contributed by atoms with E-state index in [4.69, 9.17) is 4.74 Å². The van der Waals surface area contributed by atoms with Gasteiger partial charge in [-0.25, -0.2) is 4.39 Å². The Kier molecular flexibility index (Phi) is 3.01. The molecule has 4 heteroatoms. The first kappa shape index (κ1) is 12.3. The van der Waals surface area contributed by atoms with Gasteiger partial charge >= 0.3 is 0 Å². The van der Waals surface area contributed by atoms with Crippen LogP contribution in [-0.2, 0) is 4.74 Å². The Labute approximate surface area is 97.1 Å². The van der Waals surface area contributed by atoms with Crippen LogP contribution in [0.3, 0.4) is 0 Å². The number of halogens is 1. The van der Waals surface area contributed by atoms with E-state index in [9.17, 15) is 4.39 Å². The number of fused-ring (bicyclic) bond motifs is 2. The Balaban J connectivity index is 2.26. The van der Waals surface area contributed by atoms with Crippen LogP contribution in [0.2, 0.25) is 0 Å². The average molecular weight is 230 g/mol. The number of piperidine rings is 1. The van der Waals surface area contributed by atoms with Gasteiger partial charge in [0.05, 0.1) is 19.3 Å².